The fourth-order valence-electron chi connectivity index (χ4n) is 2.31. The van der Waals surface area contributed by atoms with Gasteiger partial charge < -0.3 is 4.98 Å². The number of benzene rings is 2. The molecule has 0 amide bonds. The molecule has 3 aromatic rings. The van der Waals surface area contributed by atoms with Gasteiger partial charge in [0, 0.05) is 15.8 Å². The van der Waals surface area contributed by atoms with Crippen molar-refractivity contribution >= 4 is 40.6 Å². The van der Waals surface area contributed by atoms with E-state index in [-0.39, 0.29) is 0 Å². The maximum atomic E-state index is 11.4. The number of fused-ring (bicyclic) bond motifs is 1. The molecule has 0 aliphatic rings. The smallest absolute Gasteiger partial charge is 0.152 e. The minimum absolute atomic E-state index is 0.623. The molecule has 1 N–H and O–H groups in total. The van der Waals surface area contributed by atoms with Gasteiger partial charge in [0.25, 0.3) is 0 Å². The third kappa shape index (κ3) is 2.13. The van der Waals surface area contributed by atoms with E-state index in [2.05, 4.69) is 4.98 Å². The fraction of sp³-hybridized carbons (Fsp3) is 0.0625. The Labute approximate surface area is 126 Å². The Morgan fingerprint density at radius 3 is 2.55 bits per heavy atom. The SMILES string of the molecule is CSc1ccc(-c2[nH]c3c(Cl)cccc3c2C=O)cc1. The number of carbonyl (C=O) groups excluding carboxylic acids is 1. The second kappa shape index (κ2) is 5.35. The van der Waals surface area contributed by atoms with E-state index in [9.17, 15) is 4.79 Å². The van der Waals surface area contributed by atoms with Crippen molar-refractivity contribution in [3.05, 3.63) is 53.1 Å². The molecule has 0 bridgehead atoms. The summed E-state index contributed by atoms with van der Waals surface area (Å²) in [5, 5.41) is 1.48. The molecule has 0 saturated heterocycles. The van der Waals surface area contributed by atoms with Gasteiger partial charge in [0.2, 0.25) is 0 Å². The van der Waals surface area contributed by atoms with E-state index in [0.29, 0.717) is 10.6 Å². The normalized spacial score (nSPS) is 10.9. The molecular weight excluding hydrogens is 290 g/mol. The van der Waals surface area contributed by atoms with Gasteiger partial charge in [-0.3, -0.25) is 4.79 Å². The minimum Gasteiger partial charge on any atom is -0.353 e. The molecule has 2 aromatic carbocycles. The summed E-state index contributed by atoms with van der Waals surface area (Å²) in [6, 6.07) is 13.7. The van der Waals surface area contributed by atoms with E-state index < -0.39 is 0 Å². The summed E-state index contributed by atoms with van der Waals surface area (Å²) < 4.78 is 0. The third-order valence-corrected chi connectivity index (χ3v) is 4.38. The van der Waals surface area contributed by atoms with Crippen molar-refractivity contribution in [1.29, 1.82) is 0 Å². The zero-order valence-corrected chi connectivity index (χ0v) is 12.4. The van der Waals surface area contributed by atoms with Gasteiger partial charge in [0.05, 0.1) is 16.2 Å². The molecule has 4 heteroatoms. The number of carbonyl (C=O) groups is 1. The fourth-order valence-corrected chi connectivity index (χ4v) is 2.94. The summed E-state index contributed by atoms with van der Waals surface area (Å²) in [7, 11) is 0. The highest BCUT2D eigenvalue weighted by Crippen LogP contribution is 2.33. The van der Waals surface area contributed by atoms with Gasteiger partial charge in [-0.25, -0.2) is 0 Å². The predicted molar refractivity (Wildman–Crippen MR) is 85.9 cm³/mol. The number of H-pyrrole nitrogens is 1. The molecule has 0 saturated carbocycles. The van der Waals surface area contributed by atoms with E-state index in [1.165, 1.54) is 4.90 Å². The van der Waals surface area contributed by atoms with Crippen LogP contribution in [-0.4, -0.2) is 17.5 Å². The molecule has 0 fully saturated rings. The minimum atomic E-state index is 0.623. The first-order valence-corrected chi connectivity index (χ1v) is 7.74. The number of aldehydes is 1. The van der Waals surface area contributed by atoms with E-state index in [1.54, 1.807) is 11.8 Å². The van der Waals surface area contributed by atoms with Gasteiger partial charge in [0.1, 0.15) is 0 Å². The van der Waals surface area contributed by atoms with Crippen molar-refractivity contribution in [2.75, 3.05) is 6.26 Å². The summed E-state index contributed by atoms with van der Waals surface area (Å²) in [6.45, 7) is 0. The molecule has 0 radical (unpaired) electrons. The molecule has 0 aliphatic carbocycles. The van der Waals surface area contributed by atoms with Crippen LogP contribution >= 0.6 is 23.4 Å². The Hall–Kier alpha value is -1.71. The second-order valence-corrected chi connectivity index (χ2v) is 5.71. The number of aromatic amines is 1. The zero-order chi connectivity index (χ0) is 14.1. The van der Waals surface area contributed by atoms with Crippen molar-refractivity contribution in [3.8, 4) is 11.3 Å². The van der Waals surface area contributed by atoms with E-state index in [4.69, 9.17) is 11.6 Å². The van der Waals surface area contributed by atoms with Crippen LogP contribution in [0.1, 0.15) is 10.4 Å². The Morgan fingerprint density at radius 1 is 1.15 bits per heavy atom. The first-order valence-electron chi connectivity index (χ1n) is 6.14. The number of para-hydroxylation sites is 1. The Balaban J connectivity index is 2.24. The highest BCUT2D eigenvalue weighted by molar-refractivity contribution is 7.98. The number of hydrogen-bond donors (Lipinski definition) is 1. The van der Waals surface area contributed by atoms with Crippen LogP contribution in [0.5, 0.6) is 0 Å². The maximum Gasteiger partial charge on any atom is 0.152 e. The second-order valence-electron chi connectivity index (χ2n) is 4.42. The molecule has 20 heavy (non-hydrogen) atoms. The molecule has 0 unspecified atom stereocenters. The standard InChI is InChI=1S/C16H12ClNOS/c1-20-11-7-5-10(6-8-11)15-13(9-19)12-3-2-4-14(17)16(12)18-15/h2-9,18H,1H3. The van der Waals surface area contributed by atoms with Crippen LogP contribution in [0.25, 0.3) is 22.2 Å². The molecule has 100 valence electrons. The molecular formula is C16H12ClNOS. The van der Waals surface area contributed by atoms with E-state index in [1.807, 2.05) is 48.7 Å². The van der Waals surface area contributed by atoms with Gasteiger partial charge in [-0.1, -0.05) is 35.9 Å². The lowest BCUT2D eigenvalue weighted by Crippen LogP contribution is -1.84. The molecule has 1 heterocycles. The first-order chi connectivity index (χ1) is 9.74. The molecule has 0 aliphatic heterocycles. The molecule has 0 atom stereocenters. The lowest BCUT2D eigenvalue weighted by Gasteiger charge is -2.01. The zero-order valence-electron chi connectivity index (χ0n) is 10.8. The largest absolute Gasteiger partial charge is 0.353 e. The van der Waals surface area contributed by atoms with Crippen LogP contribution in [0.3, 0.4) is 0 Å². The van der Waals surface area contributed by atoms with Gasteiger partial charge in [-0.05, 0) is 30.0 Å². The van der Waals surface area contributed by atoms with Gasteiger partial charge in [0.15, 0.2) is 6.29 Å². The number of thioether (sulfide) groups is 1. The van der Waals surface area contributed by atoms with Crippen LogP contribution in [-0.2, 0) is 0 Å². The van der Waals surface area contributed by atoms with Crippen molar-refractivity contribution < 1.29 is 4.79 Å². The maximum absolute atomic E-state index is 11.4. The highest BCUT2D eigenvalue weighted by atomic mass is 35.5. The van der Waals surface area contributed by atoms with Crippen LogP contribution in [0, 0.1) is 0 Å². The third-order valence-electron chi connectivity index (χ3n) is 3.32. The van der Waals surface area contributed by atoms with Crippen LogP contribution in [0.2, 0.25) is 5.02 Å². The lowest BCUT2D eigenvalue weighted by atomic mass is 10.1. The summed E-state index contributed by atoms with van der Waals surface area (Å²) in [5.74, 6) is 0. The van der Waals surface area contributed by atoms with Crippen LogP contribution < -0.4 is 0 Å². The average molecular weight is 302 g/mol. The summed E-state index contributed by atoms with van der Waals surface area (Å²) in [4.78, 5) is 15.9. The number of aromatic nitrogens is 1. The van der Waals surface area contributed by atoms with Gasteiger partial charge >= 0.3 is 0 Å². The monoisotopic (exact) mass is 301 g/mol. The van der Waals surface area contributed by atoms with Gasteiger partial charge in [-0.2, -0.15) is 0 Å². The molecule has 1 aromatic heterocycles. The Bertz CT molecular complexity index is 777. The van der Waals surface area contributed by atoms with Crippen molar-refractivity contribution in [2.24, 2.45) is 0 Å². The number of nitrogens with one attached hydrogen (secondary N) is 1. The molecule has 3 rings (SSSR count). The van der Waals surface area contributed by atoms with E-state index in [0.717, 1.165) is 28.4 Å². The topological polar surface area (TPSA) is 32.9 Å². The summed E-state index contributed by atoms with van der Waals surface area (Å²) in [6.07, 6.45) is 2.92. The molecule has 2 nitrogen and oxygen atoms in total. The van der Waals surface area contributed by atoms with Gasteiger partial charge in [-0.15, -0.1) is 11.8 Å². The number of hydrogen-bond acceptors (Lipinski definition) is 2. The summed E-state index contributed by atoms with van der Waals surface area (Å²) >= 11 is 7.87. The molecule has 0 spiro atoms. The predicted octanol–water partition coefficient (Wildman–Crippen LogP) is 5.02. The quantitative estimate of drug-likeness (QED) is 0.544. The average Bonchev–Trinajstić information content (AvgIpc) is 2.87. The van der Waals surface area contributed by atoms with E-state index >= 15 is 0 Å². The highest BCUT2D eigenvalue weighted by Gasteiger charge is 2.14. The van der Waals surface area contributed by atoms with Crippen molar-refractivity contribution in [3.63, 3.8) is 0 Å². The number of rotatable bonds is 3. The summed E-state index contributed by atoms with van der Waals surface area (Å²) in [5.41, 5.74) is 3.26. The Kier molecular flexibility index (Phi) is 3.55. The van der Waals surface area contributed by atoms with Crippen molar-refractivity contribution in [1.82, 2.24) is 4.98 Å². The van der Waals surface area contributed by atoms with Crippen LogP contribution in [0.4, 0.5) is 0 Å². The lowest BCUT2D eigenvalue weighted by molar-refractivity contribution is 0.112. The van der Waals surface area contributed by atoms with Crippen molar-refractivity contribution in [2.45, 2.75) is 4.90 Å². The van der Waals surface area contributed by atoms with Crippen LogP contribution in [0.15, 0.2) is 47.4 Å². The Morgan fingerprint density at radius 2 is 1.90 bits per heavy atom. The number of halogens is 1. The first kappa shape index (κ1) is 13.3.